The van der Waals surface area contributed by atoms with Gasteiger partial charge in [-0.05, 0) is 23.8 Å². The molecule has 0 saturated carbocycles. The maximum absolute atomic E-state index is 13.5. The molecule has 0 atom stereocenters. The zero-order chi connectivity index (χ0) is 22.6. The van der Waals surface area contributed by atoms with Crippen molar-refractivity contribution in [3.8, 4) is 16.9 Å². The summed E-state index contributed by atoms with van der Waals surface area (Å²) in [5.41, 5.74) is 3.43. The zero-order valence-corrected chi connectivity index (χ0v) is 19.7. The number of anilines is 2. The summed E-state index contributed by atoms with van der Waals surface area (Å²) in [6, 6.07) is 20.6. The number of morpholine rings is 1. The average molecular weight is 464 g/mol. The van der Waals surface area contributed by atoms with E-state index in [4.69, 9.17) is 9.47 Å². The van der Waals surface area contributed by atoms with Gasteiger partial charge in [-0.1, -0.05) is 36.4 Å². The van der Waals surface area contributed by atoms with Gasteiger partial charge in [-0.3, -0.25) is 4.79 Å². The number of benzene rings is 2. The fraction of sp³-hybridized carbons (Fsp3) is 0.346. The zero-order valence-electron chi connectivity index (χ0n) is 18.9. The number of ether oxygens (including phenoxy) is 2. The van der Waals surface area contributed by atoms with Crippen LogP contribution in [0.5, 0.6) is 5.75 Å². The highest BCUT2D eigenvalue weighted by Gasteiger charge is 2.27. The van der Waals surface area contributed by atoms with Crippen LogP contribution in [0, 0.1) is 0 Å². The summed E-state index contributed by atoms with van der Waals surface area (Å²) in [6.45, 7) is 6.20. The Morgan fingerprint density at radius 2 is 1.64 bits per heavy atom. The van der Waals surface area contributed by atoms with Gasteiger partial charge < -0.3 is 24.2 Å². The second-order valence-corrected chi connectivity index (χ2v) is 9.31. The minimum atomic E-state index is 0.127. The van der Waals surface area contributed by atoms with E-state index >= 15 is 0 Å². The van der Waals surface area contributed by atoms with Crippen LogP contribution in [0.3, 0.4) is 0 Å². The molecule has 0 N–H and O–H groups in total. The molecule has 2 aliphatic heterocycles. The molecule has 2 fully saturated rings. The van der Waals surface area contributed by atoms with E-state index in [-0.39, 0.29) is 5.91 Å². The van der Waals surface area contributed by atoms with Crippen LogP contribution < -0.4 is 14.5 Å². The van der Waals surface area contributed by atoms with Crippen molar-refractivity contribution in [2.75, 3.05) is 69.4 Å². The van der Waals surface area contributed by atoms with Crippen LogP contribution in [0.15, 0.2) is 60.7 Å². The second-order valence-electron chi connectivity index (χ2n) is 8.28. The highest BCUT2D eigenvalue weighted by molar-refractivity contribution is 7.18. The van der Waals surface area contributed by atoms with E-state index in [1.165, 1.54) is 5.00 Å². The van der Waals surface area contributed by atoms with Crippen molar-refractivity contribution in [3.63, 3.8) is 0 Å². The maximum atomic E-state index is 13.5. The van der Waals surface area contributed by atoms with Crippen LogP contribution >= 0.6 is 11.3 Å². The lowest BCUT2D eigenvalue weighted by molar-refractivity contribution is 0.0751. The summed E-state index contributed by atoms with van der Waals surface area (Å²) in [7, 11) is 1.69. The van der Waals surface area contributed by atoms with Crippen LogP contribution in [0.2, 0.25) is 0 Å². The van der Waals surface area contributed by atoms with Crippen molar-refractivity contribution in [2.24, 2.45) is 0 Å². The molecule has 2 aliphatic rings. The number of carbonyl (C=O) groups excluding carboxylic acids is 1. The lowest BCUT2D eigenvalue weighted by Gasteiger charge is -2.36. The summed E-state index contributed by atoms with van der Waals surface area (Å²) in [6.07, 6.45) is 0. The van der Waals surface area contributed by atoms with E-state index in [0.717, 1.165) is 66.8 Å². The van der Waals surface area contributed by atoms with Crippen molar-refractivity contribution in [2.45, 2.75) is 0 Å². The highest BCUT2D eigenvalue weighted by Crippen LogP contribution is 2.40. The number of methoxy groups -OCH3 is 1. The summed E-state index contributed by atoms with van der Waals surface area (Å²) in [4.78, 5) is 20.9. The molecule has 0 spiro atoms. The van der Waals surface area contributed by atoms with E-state index in [9.17, 15) is 4.79 Å². The van der Waals surface area contributed by atoms with Gasteiger partial charge >= 0.3 is 0 Å². The molecule has 1 aromatic heterocycles. The third-order valence-electron chi connectivity index (χ3n) is 6.29. The Morgan fingerprint density at radius 3 is 2.36 bits per heavy atom. The summed E-state index contributed by atoms with van der Waals surface area (Å²) in [5.74, 6) is 0.982. The van der Waals surface area contributed by atoms with Gasteiger partial charge in [0.05, 0.1) is 30.2 Å². The van der Waals surface area contributed by atoms with Gasteiger partial charge in [-0.2, -0.15) is 0 Å². The van der Waals surface area contributed by atoms with Crippen molar-refractivity contribution in [1.82, 2.24) is 4.90 Å². The first-order chi connectivity index (χ1) is 16.2. The van der Waals surface area contributed by atoms with Gasteiger partial charge in [0.15, 0.2) is 0 Å². The third kappa shape index (κ3) is 4.70. The molecule has 0 aliphatic carbocycles. The Bertz CT molecular complexity index is 1090. The predicted octanol–water partition coefficient (Wildman–Crippen LogP) is 4.22. The molecule has 2 aromatic carbocycles. The van der Waals surface area contributed by atoms with Gasteiger partial charge in [0, 0.05) is 56.6 Å². The molecular formula is C26H29N3O3S. The van der Waals surface area contributed by atoms with Gasteiger partial charge in [0.1, 0.15) is 5.75 Å². The molecule has 2 saturated heterocycles. The molecule has 1 amide bonds. The first-order valence-corrected chi connectivity index (χ1v) is 12.2. The van der Waals surface area contributed by atoms with E-state index in [2.05, 4.69) is 52.3 Å². The minimum Gasteiger partial charge on any atom is -0.497 e. The number of rotatable bonds is 5. The molecule has 0 radical (unpaired) electrons. The lowest BCUT2D eigenvalue weighted by atomic mass is 10.1. The quantitative estimate of drug-likeness (QED) is 0.567. The first-order valence-electron chi connectivity index (χ1n) is 11.4. The molecule has 3 heterocycles. The number of piperazine rings is 1. The second kappa shape index (κ2) is 9.85. The number of carbonyl (C=O) groups is 1. The summed E-state index contributed by atoms with van der Waals surface area (Å²) in [5, 5.41) is 1.17. The summed E-state index contributed by atoms with van der Waals surface area (Å²) < 4.78 is 10.9. The smallest absolute Gasteiger partial charge is 0.264 e. The predicted molar refractivity (Wildman–Crippen MR) is 134 cm³/mol. The Hall–Kier alpha value is -3.03. The Labute approximate surface area is 198 Å². The van der Waals surface area contributed by atoms with Gasteiger partial charge in [-0.15, -0.1) is 11.3 Å². The largest absolute Gasteiger partial charge is 0.497 e. The molecule has 0 bridgehead atoms. The lowest BCUT2D eigenvalue weighted by Crippen LogP contribution is -2.48. The highest BCUT2D eigenvalue weighted by atomic mass is 32.1. The van der Waals surface area contributed by atoms with Crippen LogP contribution in [0.4, 0.5) is 10.7 Å². The van der Waals surface area contributed by atoms with Crippen molar-refractivity contribution in [1.29, 1.82) is 0 Å². The molecule has 5 rings (SSSR count). The van der Waals surface area contributed by atoms with Crippen LogP contribution in [-0.2, 0) is 4.74 Å². The van der Waals surface area contributed by atoms with Crippen molar-refractivity contribution >= 4 is 27.9 Å². The molecule has 6 nitrogen and oxygen atoms in total. The van der Waals surface area contributed by atoms with E-state index in [1.54, 1.807) is 18.4 Å². The van der Waals surface area contributed by atoms with Gasteiger partial charge in [0.25, 0.3) is 5.91 Å². The van der Waals surface area contributed by atoms with Crippen molar-refractivity contribution < 1.29 is 14.3 Å². The molecule has 0 unspecified atom stereocenters. The SMILES string of the molecule is COc1cccc(N2CCN(C(=O)c3cc(-c4ccccc4)c(N4CCOCC4)s3)CC2)c1. The van der Waals surface area contributed by atoms with E-state index in [0.29, 0.717) is 13.1 Å². The number of nitrogens with zero attached hydrogens (tertiary/aromatic N) is 3. The molecule has 33 heavy (non-hydrogen) atoms. The number of hydrogen-bond donors (Lipinski definition) is 0. The van der Waals surface area contributed by atoms with E-state index in [1.807, 2.05) is 23.1 Å². The Balaban J connectivity index is 1.34. The summed E-state index contributed by atoms with van der Waals surface area (Å²) >= 11 is 1.61. The first kappa shape index (κ1) is 21.8. The van der Waals surface area contributed by atoms with Crippen LogP contribution in [-0.4, -0.2) is 70.4 Å². The molecule has 172 valence electrons. The molecule has 3 aromatic rings. The molecule has 7 heteroatoms. The fourth-order valence-electron chi connectivity index (χ4n) is 4.44. The van der Waals surface area contributed by atoms with Crippen molar-refractivity contribution in [3.05, 3.63) is 65.5 Å². The number of thiophene rings is 1. The Kier molecular flexibility index (Phi) is 6.51. The molecular weight excluding hydrogens is 434 g/mol. The number of hydrogen-bond acceptors (Lipinski definition) is 6. The minimum absolute atomic E-state index is 0.127. The van der Waals surface area contributed by atoms with Crippen LogP contribution in [0.25, 0.3) is 11.1 Å². The third-order valence-corrected chi connectivity index (χ3v) is 7.48. The normalized spacial score (nSPS) is 16.7. The Morgan fingerprint density at radius 1 is 0.879 bits per heavy atom. The topological polar surface area (TPSA) is 45.2 Å². The van der Waals surface area contributed by atoms with Gasteiger partial charge in [-0.25, -0.2) is 0 Å². The standard InChI is InChI=1S/C26H29N3O3S/c1-31-22-9-5-8-21(18-22)27-10-12-28(13-11-27)25(30)24-19-23(20-6-3-2-4-7-20)26(33-24)29-14-16-32-17-15-29/h2-9,18-19H,10-17H2,1H3. The fourth-order valence-corrected chi connectivity index (χ4v) is 5.64. The average Bonchev–Trinajstić information content (AvgIpc) is 3.35. The monoisotopic (exact) mass is 463 g/mol. The van der Waals surface area contributed by atoms with E-state index < -0.39 is 0 Å². The van der Waals surface area contributed by atoms with Crippen LogP contribution in [0.1, 0.15) is 9.67 Å². The maximum Gasteiger partial charge on any atom is 0.264 e. The van der Waals surface area contributed by atoms with Gasteiger partial charge in [0.2, 0.25) is 0 Å². The number of amides is 1.